The number of nitrogens with zero attached hydrogens (tertiary/aromatic N) is 2. The van der Waals surface area contributed by atoms with Crippen LogP contribution in [0.2, 0.25) is 0 Å². The second-order valence-corrected chi connectivity index (χ2v) is 6.84. The van der Waals surface area contributed by atoms with Crippen LogP contribution in [-0.4, -0.2) is 15.8 Å². The molecule has 0 aliphatic rings. The van der Waals surface area contributed by atoms with Crippen LogP contribution in [0, 0.1) is 17.0 Å². The number of benzene rings is 2. The van der Waals surface area contributed by atoms with E-state index < -0.39 is 16.7 Å². The molecule has 2 aromatic carbocycles. The van der Waals surface area contributed by atoms with Crippen LogP contribution >= 0.6 is 11.3 Å². The van der Waals surface area contributed by atoms with Crippen LogP contribution in [0.25, 0.3) is 20.8 Å². The van der Waals surface area contributed by atoms with Crippen molar-refractivity contribution >= 4 is 39.0 Å². The normalized spacial score (nSPS) is 10.9. The Morgan fingerprint density at radius 2 is 1.96 bits per heavy atom. The summed E-state index contributed by atoms with van der Waals surface area (Å²) in [5, 5.41) is 14.3. The van der Waals surface area contributed by atoms with Gasteiger partial charge in [0.25, 0.3) is 5.91 Å². The lowest BCUT2D eigenvalue weighted by atomic mass is 10.1. The number of hydrogen-bond acceptors (Lipinski definition) is 6. The molecule has 0 atom stereocenters. The highest BCUT2D eigenvalue weighted by Gasteiger charge is 2.19. The van der Waals surface area contributed by atoms with Gasteiger partial charge in [0.2, 0.25) is 0 Å². The van der Waals surface area contributed by atoms with Crippen molar-refractivity contribution in [2.45, 2.75) is 6.92 Å². The quantitative estimate of drug-likeness (QED) is 0.396. The molecule has 4 rings (SSSR count). The molecule has 134 valence electrons. The fourth-order valence-corrected chi connectivity index (χ4v) is 3.77. The number of para-hydroxylation sites is 1. The van der Waals surface area contributed by atoms with E-state index in [0.29, 0.717) is 5.69 Å². The van der Waals surface area contributed by atoms with E-state index in [9.17, 15) is 14.9 Å². The van der Waals surface area contributed by atoms with E-state index in [1.165, 1.54) is 6.07 Å². The zero-order chi connectivity index (χ0) is 19.0. The van der Waals surface area contributed by atoms with E-state index in [0.717, 1.165) is 32.4 Å². The molecule has 0 aliphatic heterocycles. The Hall–Kier alpha value is -3.52. The van der Waals surface area contributed by atoms with E-state index >= 15 is 0 Å². The Bertz CT molecular complexity index is 1150. The molecule has 8 heteroatoms. The van der Waals surface area contributed by atoms with Gasteiger partial charge in [0, 0.05) is 11.3 Å². The molecule has 0 fully saturated rings. The number of nitrogens with one attached hydrogen (secondary N) is 1. The Balaban J connectivity index is 1.65. The summed E-state index contributed by atoms with van der Waals surface area (Å²) in [6, 6.07) is 15.9. The second kappa shape index (κ2) is 6.65. The van der Waals surface area contributed by atoms with Gasteiger partial charge in [0.1, 0.15) is 9.93 Å². The Morgan fingerprint density at radius 1 is 1.15 bits per heavy atom. The van der Waals surface area contributed by atoms with Crippen LogP contribution in [0.4, 0.5) is 11.6 Å². The van der Waals surface area contributed by atoms with Crippen molar-refractivity contribution < 1.29 is 14.1 Å². The lowest BCUT2D eigenvalue weighted by Gasteiger charge is -2.10. The highest BCUT2D eigenvalue weighted by molar-refractivity contribution is 7.21. The van der Waals surface area contributed by atoms with Crippen LogP contribution in [-0.2, 0) is 0 Å². The number of carbonyl (C=O) groups is 1. The first-order valence-corrected chi connectivity index (χ1v) is 8.86. The summed E-state index contributed by atoms with van der Waals surface area (Å²) in [5.74, 6) is -1.14. The van der Waals surface area contributed by atoms with E-state index in [-0.39, 0.29) is 5.76 Å². The largest absolute Gasteiger partial charge is 0.433 e. The number of rotatable bonds is 4. The molecule has 4 aromatic rings. The molecule has 0 spiro atoms. The van der Waals surface area contributed by atoms with Crippen molar-refractivity contribution in [3.05, 3.63) is 76.0 Å². The summed E-state index contributed by atoms with van der Waals surface area (Å²) < 4.78 is 6.04. The van der Waals surface area contributed by atoms with Gasteiger partial charge in [-0.25, -0.2) is 4.98 Å². The average Bonchev–Trinajstić information content (AvgIpc) is 3.30. The first-order valence-electron chi connectivity index (χ1n) is 8.04. The van der Waals surface area contributed by atoms with Crippen LogP contribution in [0.1, 0.15) is 16.1 Å². The van der Waals surface area contributed by atoms with Gasteiger partial charge in [-0.2, -0.15) is 0 Å². The summed E-state index contributed by atoms with van der Waals surface area (Å²) >= 11 is 1.58. The summed E-state index contributed by atoms with van der Waals surface area (Å²) in [7, 11) is 0. The third kappa shape index (κ3) is 3.18. The van der Waals surface area contributed by atoms with Crippen molar-refractivity contribution in [1.29, 1.82) is 0 Å². The topological polar surface area (TPSA) is 98.3 Å². The van der Waals surface area contributed by atoms with E-state index in [2.05, 4.69) is 10.3 Å². The number of thiazole rings is 1. The maximum Gasteiger partial charge on any atom is 0.433 e. The molecule has 0 aliphatic carbocycles. The molecule has 1 N–H and O–H groups in total. The van der Waals surface area contributed by atoms with Gasteiger partial charge in [-0.1, -0.05) is 24.3 Å². The number of anilines is 1. The fourth-order valence-electron chi connectivity index (χ4n) is 2.72. The number of nitro groups is 1. The Morgan fingerprint density at radius 3 is 2.70 bits per heavy atom. The summed E-state index contributed by atoms with van der Waals surface area (Å²) in [6.07, 6.45) is 0. The molecular formula is C19H13N3O4S. The highest BCUT2D eigenvalue weighted by atomic mass is 32.1. The van der Waals surface area contributed by atoms with Crippen LogP contribution in [0.15, 0.2) is 59.0 Å². The number of fused-ring (bicyclic) bond motifs is 1. The Labute approximate surface area is 157 Å². The molecule has 0 saturated heterocycles. The van der Waals surface area contributed by atoms with Gasteiger partial charge in [0.05, 0.1) is 16.3 Å². The van der Waals surface area contributed by atoms with Crippen molar-refractivity contribution in [2.75, 3.05) is 5.32 Å². The van der Waals surface area contributed by atoms with Crippen LogP contribution < -0.4 is 5.32 Å². The Kier molecular flexibility index (Phi) is 4.17. The van der Waals surface area contributed by atoms with Gasteiger partial charge in [-0.05, 0) is 36.8 Å². The minimum atomic E-state index is -0.685. The smallest absolute Gasteiger partial charge is 0.395 e. The molecule has 27 heavy (non-hydrogen) atoms. The monoisotopic (exact) mass is 379 g/mol. The lowest BCUT2D eigenvalue weighted by molar-refractivity contribution is -0.402. The second-order valence-electron chi connectivity index (χ2n) is 5.81. The average molecular weight is 379 g/mol. The summed E-state index contributed by atoms with van der Waals surface area (Å²) in [4.78, 5) is 27.0. The zero-order valence-electron chi connectivity index (χ0n) is 14.1. The summed E-state index contributed by atoms with van der Waals surface area (Å²) in [5.41, 5.74) is 3.29. The van der Waals surface area contributed by atoms with Gasteiger partial charge in [-0.15, -0.1) is 11.3 Å². The van der Waals surface area contributed by atoms with Crippen molar-refractivity contribution in [2.24, 2.45) is 0 Å². The van der Waals surface area contributed by atoms with Crippen molar-refractivity contribution in [1.82, 2.24) is 4.98 Å². The number of carbonyl (C=O) groups excluding carboxylic acids is 1. The predicted molar refractivity (Wildman–Crippen MR) is 103 cm³/mol. The molecule has 0 bridgehead atoms. The maximum absolute atomic E-state index is 12.4. The number of aromatic nitrogens is 1. The number of amides is 1. The molecule has 0 radical (unpaired) electrons. The first kappa shape index (κ1) is 16.9. The lowest BCUT2D eigenvalue weighted by Crippen LogP contribution is -2.12. The van der Waals surface area contributed by atoms with Crippen molar-refractivity contribution in [3.8, 4) is 10.6 Å². The minimum Gasteiger partial charge on any atom is -0.395 e. The maximum atomic E-state index is 12.4. The minimum absolute atomic E-state index is 0.119. The first-order chi connectivity index (χ1) is 13.0. The molecule has 0 saturated carbocycles. The molecular weight excluding hydrogens is 366 g/mol. The molecule has 2 aromatic heterocycles. The summed E-state index contributed by atoms with van der Waals surface area (Å²) in [6.45, 7) is 1.89. The molecule has 1 amide bonds. The highest BCUT2D eigenvalue weighted by Crippen LogP contribution is 2.34. The van der Waals surface area contributed by atoms with Gasteiger partial charge >= 0.3 is 5.88 Å². The van der Waals surface area contributed by atoms with E-state index in [4.69, 9.17) is 4.42 Å². The third-order valence-corrected chi connectivity index (χ3v) is 5.17. The SMILES string of the molecule is Cc1c(NC(=O)c2ccc([N+](=O)[O-])o2)cccc1-c1nc2ccccc2s1. The third-order valence-electron chi connectivity index (χ3n) is 4.10. The molecule has 7 nitrogen and oxygen atoms in total. The van der Waals surface area contributed by atoms with Crippen LogP contribution in [0.3, 0.4) is 0 Å². The number of hydrogen-bond donors (Lipinski definition) is 1. The van der Waals surface area contributed by atoms with Crippen molar-refractivity contribution in [3.63, 3.8) is 0 Å². The van der Waals surface area contributed by atoms with Gasteiger partial charge < -0.3 is 9.73 Å². The molecule has 2 heterocycles. The van der Waals surface area contributed by atoms with Gasteiger partial charge in [0.15, 0.2) is 5.76 Å². The molecule has 0 unspecified atom stereocenters. The predicted octanol–water partition coefficient (Wildman–Crippen LogP) is 5.03. The zero-order valence-corrected chi connectivity index (χ0v) is 14.9. The number of furan rings is 1. The van der Waals surface area contributed by atoms with E-state index in [1.807, 2.05) is 43.3 Å². The standard InChI is InChI=1S/C19H13N3O4S/c1-11-12(19-21-14-6-2-3-8-16(14)27-19)5-4-7-13(11)20-18(23)15-9-10-17(26-15)22(24)25/h2-10H,1H3,(H,20,23). The fraction of sp³-hybridized carbons (Fsp3) is 0.0526. The van der Waals surface area contributed by atoms with Gasteiger partial charge in [-0.3, -0.25) is 14.9 Å². The van der Waals surface area contributed by atoms with Crippen LogP contribution in [0.5, 0.6) is 0 Å². The van der Waals surface area contributed by atoms with E-state index in [1.54, 1.807) is 17.4 Å².